The molecule has 2 heterocycles. The fourth-order valence-corrected chi connectivity index (χ4v) is 0.973. The molecule has 0 amide bonds. The largest absolute Gasteiger partial charge is 0.245 e. The smallest absolute Gasteiger partial charge is 0.117 e. The molecule has 0 bridgehead atoms. The number of hydrogen-bond acceptors (Lipinski definition) is 2. The monoisotopic (exact) mass is 133 g/mol. The molecule has 0 N–H and O–H groups in total. The third kappa shape index (κ3) is 0.603. The van der Waals surface area contributed by atoms with Crippen LogP contribution in [0.3, 0.4) is 0 Å². The maximum Gasteiger partial charge on any atom is 0.117 e. The van der Waals surface area contributed by atoms with Gasteiger partial charge in [-0.1, -0.05) is 0 Å². The van der Waals surface area contributed by atoms with E-state index in [0.717, 1.165) is 5.52 Å². The highest BCUT2D eigenvalue weighted by Gasteiger charge is 1.94. The molecule has 0 fully saturated rings. The van der Waals surface area contributed by atoms with E-state index in [0.29, 0.717) is 0 Å². The van der Waals surface area contributed by atoms with Gasteiger partial charge in [-0.15, -0.1) is 0 Å². The van der Waals surface area contributed by atoms with E-state index in [1.54, 1.807) is 17.0 Å². The van der Waals surface area contributed by atoms with Crippen LogP contribution in [0.25, 0.3) is 5.52 Å². The van der Waals surface area contributed by atoms with Crippen LogP contribution >= 0.6 is 0 Å². The zero-order valence-corrected chi connectivity index (χ0v) is 5.65. The van der Waals surface area contributed by atoms with Crippen molar-refractivity contribution in [2.45, 2.75) is 6.92 Å². The summed E-state index contributed by atoms with van der Waals surface area (Å²) >= 11 is 0. The summed E-state index contributed by atoms with van der Waals surface area (Å²) in [6.45, 7) is 2.03. The summed E-state index contributed by atoms with van der Waals surface area (Å²) < 4.78 is 1.76. The summed E-state index contributed by atoms with van der Waals surface area (Å²) in [4.78, 5) is 3.93. The number of nitrogens with zero attached hydrogens (tertiary/aromatic N) is 3. The second kappa shape index (κ2) is 1.80. The summed E-state index contributed by atoms with van der Waals surface area (Å²) in [5.41, 5.74) is 2.30. The highest BCUT2D eigenvalue weighted by Crippen LogP contribution is 2.05. The maximum absolute atomic E-state index is 4.07. The second-order valence-electron chi connectivity index (χ2n) is 2.24. The van der Waals surface area contributed by atoms with Crippen molar-refractivity contribution in [3.05, 3.63) is 30.4 Å². The van der Waals surface area contributed by atoms with E-state index in [1.165, 1.54) is 5.56 Å². The average molecular weight is 133 g/mol. The normalized spacial score (nSPS) is 10.5. The Bertz CT molecular complexity index is 350. The van der Waals surface area contributed by atoms with Gasteiger partial charge in [0.2, 0.25) is 0 Å². The molecule has 0 saturated heterocycles. The Morgan fingerprint density at radius 1 is 1.50 bits per heavy atom. The van der Waals surface area contributed by atoms with Crippen molar-refractivity contribution < 1.29 is 0 Å². The van der Waals surface area contributed by atoms with Crippen LogP contribution in [0.1, 0.15) is 5.56 Å². The first-order valence-corrected chi connectivity index (χ1v) is 3.12. The van der Waals surface area contributed by atoms with Crippen LogP contribution in [0.4, 0.5) is 0 Å². The maximum atomic E-state index is 4.07. The minimum atomic E-state index is 1.12. The molecule has 0 aliphatic rings. The predicted octanol–water partition coefficient (Wildman–Crippen LogP) is 1.04. The van der Waals surface area contributed by atoms with Gasteiger partial charge in [0.05, 0.1) is 11.7 Å². The Kier molecular flexibility index (Phi) is 0.974. The van der Waals surface area contributed by atoms with Gasteiger partial charge in [-0.2, -0.15) is 5.10 Å². The van der Waals surface area contributed by atoms with Crippen LogP contribution < -0.4 is 0 Å². The lowest BCUT2D eigenvalue weighted by atomic mass is 10.3. The Labute approximate surface area is 58.3 Å². The van der Waals surface area contributed by atoms with Crippen molar-refractivity contribution in [3.63, 3.8) is 0 Å². The number of aryl methyl sites for hydroxylation is 1. The van der Waals surface area contributed by atoms with Crippen LogP contribution in [-0.4, -0.2) is 14.6 Å². The number of fused-ring (bicyclic) bond motifs is 1. The summed E-state index contributed by atoms with van der Waals surface area (Å²) in [5, 5.41) is 4.07. The Balaban J connectivity index is 2.93. The summed E-state index contributed by atoms with van der Waals surface area (Å²) in [5.74, 6) is 0. The molecule has 2 rings (SSSR count). The first-order valence-electron chi connectivity index (χ1n) is 3.12. The van der Waals surface area contributed by atoms with Gasteiger partial charge in [-0.05, 0) is 18.6 Å². The van der Waals surface area contributed by atoms with Crippen molar-refractivity contribution >= 4 is 5.52 Å². The average Bonchev–Trinajstić information content (AvgIpc) is 2.34. The molecule has 0 atom stereocenters. The van der Waals surface area contributed by atoms with Crippen molar-refractivity contribution in [3.8, 4) is 0 Å². The molecule has 0 aromatic carbocycles. The van der Waals surface area contributed by atoms with Gasteiger partial charge < -0.3 is 0 Å². The second-order valence-corrected chi connectivity index (χ2v) is 2.24. The fourth-order valence-electron chi connectivity index (χ4n) is 0.973. The molecule has 50 valence electrons. The Morgan fingerprint density at radius 3 is 3.20 bits per heavy atom. The molecule has 0 spiro atoms. The molecule has 0 saturated carbocycles. The van der Waals surface area contributed by atoms with Crippen molar-refractivity contribution in [2.24, 2.45) is 0 Å². The molecule has 2 aromatic heterocycles. The topological polar surface area (TPSA) is 30.2 Å². The zero-order valence-electron chi connectivity index (χ0n) is 5.65. The van der Waals surface area contributed by atoms with E-state index in [2.05, 4.69) is 10.1 Å². The van der Waals surface area contributed by atoms with Crippen LogP contribution in [0, 0.1) is 6.92 Å². The molecule has 10 heavy (non-hydrogen) atoms. The van der Waals surface area contributed by atoms with E-state index in [9.17, 15) is 0 Å². The first-order chi connectivity index (χ1) is 4.88. The van der Waals surface area contributed by atoms with Crippen LogP contribution in [0.2, 0.25) is 0 Å². The molecule has 0 aliphatic heterocycles. The van der Waals surface area contributed by atoms with Gasteiger partial charge in [0.1, 0.15) is 6.33 Å². The van der Waals surface area contributed by atoms with E-state index in [-0.39, 0.29) is 0 Å². The SMILES string of the molecule is Cc1cnn2cnccc12. The highest BCUT2D eigenvalue weighted by atomic mass is 15.2. The van der Waals surface area contributed by atoms with Gasteiger partial charge >= 0.3 is 0 Å². The minimum absolute atomic E-state index is 1.12. The molecule has 0 radical (unpaired) electrons. The lowest BCUT2D eigenvalue weighted by Crippen LogP contribution is -1.85. The van der Waals surface area contributed by atoms with E-state index in [1.807, 2.05) is 19.2 Å². The minimum Gasteiger partial charge on any atom is -0.245 e. The highest BCUT2D eigenvalue weighted by molar-refractivity contribution is 5.51. The molecule has 3 nitrogen and oxygen atoms in total. The van der Waals surface area contributed by atoms with E-state index < -0.39 is 0 Å². The van der Waals surface area contributed by atoms with E-state index in [4.69, 9.17) is 0 Å². The lowest BCUT2D eigenvalue weighted by molar-refractivity contribution is 0.921. The number of aromatic nitrogens is 3. The van der Waals surface area contributed by atoms with Crippen LogP contribution in [0.15, 0.2) is 24.8 Å². The van der Waals surface area contributed by atoms with Crippen molar-refractivity contribution in [1.82, 2.24) is 14.6 Å². The first kappa shape index (κ1) is 5.41. The van der Waals surface area contributed by atoms with Gasteiger partial charge in [0.15, 0.2) is 0 Å². The molecule has 3 heteroatoms. The predicted molar refractivity (Wildman–Crippen MR) is 37.7 cm³/mol. The summed E-state index contributed by atoms with van der Waals surface area (Å²) in [7, 11) is 0. The molecule has 2 aromatic rings. The molecular formula is C7H7N3. The summed E-state index contributed by atoms with van der Waals surface area (Å²) in [6, 6.07) is 1.95. The summed E-state index contributed by atoms with van der Waals surface area (Å²) in [6.07, 6.45) is 5.30. The standard InChI is InChI=1S/C7H7N3/c1-6-4-9-10-5-8-3-2-7(6)10/h2-5H,1H3. The van der Waals surface area contributed by atoms with Crippen molar-refractivity contribution in [2.75, 3.05) is 0 Å². The number of hydrogen-bond donors (Lipinski definition) is 0. The van der Waals surface area contributed by atoms with Gasteiger partial charge in [0.25, 0.3) is 0 Å². The third-order valence-corrected chi connectivity index (χ3v) is 1.52. The Morgan fingerprint density at radius 2 is 2.40 bits per heavy atom. The Hall–Kier alpha value is -1.38. The van der Waals surface area contributed by atoms with Crippen LogP contribution in [0.5, 0.6) is 0 Å². The lowest BCUT2D eigenvalue weighted by Gasteiger charge is -1.88. The molecular weight excluding hydrogens is 126 g/mol. The van der Waals surface area contributed by atoms with Crippen LogP contribution in [-0.2, 0) is 0 Å². The van der Waals surface area contributed by atoms with Crippen molar-refractivity contribution in [1.29, 1.82) is 0 Å². The molecule has 0 aliphatic carbocycles. The van der Waals surface area contributed by atoms with Gasteiger partial charge in [-0.3, -0.25) is 0 Å². The molecule has 0 unspecified atom stereocenters. The zero-order chi connectivity index (χ0) is 6.97. The van der Waals surface area contributed by atoms with E-state index >= 15 is 0 Å². The van der Waals surface area contributed by atoms with Gasteiger partial charge in [0, 0.05) is 6.20 Å². The third-order valence-electron chi connectivity index (χ3n) is 1.52. The van der Waals surface area contributed by atoms with Gasteiger partial charge in [-0.25, -0.2) is 9.50 Å². The fraction of sp³-hybridized carbons (Fsp3) is 0.143. The number of rotatable bonds is 0. The quantitative estimate of drug-likeness (QED) is 0.537.